The molecule has 0 bridgehead atoms. The second-order valence-electron chi connectivity index (χ2n) is 6.49. The van der Waals surface area contributed by atoms with Crippen LogP contribution >= 0.6 is 0 Å². The third-order valence-electron chi connectivity index (χ3n) is 3.67. The highest BCUT2D eigenvalue weighted by Crippen LogP contribution is 2.44. The van der Waals surface area contributed by atoms with Crippen LogP contribution in [0, 0.1) is 5.82 Å². The molecular weight excluding hydrogens is 253 g/mol. The van der Waals surface area contributed by atoms with Crippen molar-refractivity contribution in [2.45, 2.75) is 45.1 Å². The lowest BCUT2D eigenvalue weighted by molar-refractivity contribution is 0.388. The molecule has 0 unspecified atom stereocenters. The van der Waals surface area contributed by atoms with Crippen molar-refractivity contribution in [2.75, 3.05) is 5.73 Å². The smallest absolute Gasteiger partial charge is 0.132 e. The van der Waals surface area contributed by atoms with Gasteiger partial charge in [0, 0.05) is 17.0 Å². The molecule has 3 rings (SSSR count). The minimum atomic E-state index is -0.245. The molecule has 2 aromatic rings. The van der Waals surface area contributed by atoms with Crippen molar-refractivity contribution in [3.63, 3.8) is 0 Å². The van der Waals surface area contributed by atoms with Crippen molar-refractivity contribution in [1.29, 1.82) is 0 Å². The summed E-state index contributed by atoms with van der Waals surface area (Å²) in [6.45, 7) is 6.39. The Balaban J connectivity index is 2.15. The molecule has 0 saturated heterocycles. The summed E-state index contributed by atoms with van der Waals surface area (Å²) in [6, 6.07) is 6.36. The molecule has 1 aromatic carbocycles. The Hall–Kier alpha value is -1.84. The molecule has 2 N–H and O–H groups in total. The van der Waals surface area contributed by atoms with E-state index in [1.807, 2.05) is 0 Å². The number of rotatable bonds is 2. The fourth-order valence-electron chi connectivity index (χ4n) is 2.59. The zero-order valence-electron chi connectivity index (χ0n) is 12.2. The first kappa shape index (κ1) is 13.2. The molecule has 4 heteroatoms. The summed E-state index contributed by atoms with van der Waals surface area (Å²) >= 11 is 0. The highest BCUT2D eigenvalue weighted by Gasteiger charge is 2.34. The molecule has 3 nitrogen and oxygen atoms in total. The van der Waals surface area contributed by atoms with Gasteiger partial charge >= 0.3 is 0 Å². The summed E-state index contributed by atoms with van der Waals surface area (Å²) in [7, 11) is 0. The van der Waals surface area contributed by atoms with Gasteiger partial charge in [-0.1, -0.05) is 0 Å². The number of hydrogen-bond donors (Lipinski definition) is 1. The molecule has 1 aliphatic carbocycles. The van der Waals surface area contributed by atoms with E-state index in [9.17, 15) is 4.39 Å². The fourth-order valence-corrected chi connectivity index (χ4v) is 2.59. The SMILES string of the molecule is CC(C)(C)n1c(C2CC2)nc(-c2ccc(F)cc2)c1N. The highest BCUT2D eigenvalue weighted by atomic mass is 19.1. The number of anilines is 1. The number of benzene rings is 1. The van der Waals surface area contributed by atoms with Gasteiger partial charge in [-0.3, -0.25) is 0 Å². The average Bonchev–Trinajstić information content (AvgIpc) is 3.13. The molecule has 1 aromatic heterocycles. The van der Waals surface area contributed by atoms with Crippen LogP contribution < -0.4 is 5.73 Å². The van der Waals surface area contributed by atoms with Gasteiger partial charge in [0.15, 0.2) is 0 Å². The molecule has 20 heavy (non-hydrogen) atoms. The van der Waals surface area contributed by atoms with E-state index in [1.54, 1.807) is 12.1 Å². The number of nitrogens with zero attached hydrogens (tertiary/aromatic N) is 2. The predicted molar refractivity (Wildman–Crippen MR) is 79.0 cm³/mol. The predicted octanol–water partition coefficient (Wildman–Crippen LogP) is 3.90. The quantitative estimate of drug-likeness (QED) is 0.901. The van der Waals surface area contributed by atoms with Crippen LogP contribution in [0.15, 0.2) is 24.3 Å². The van der Waals surface area contributed by atoms with Crippen molar-refractivity contribution in [3.8, 4) is 11.3 Å². The van der Waals surface area contributed by atoms with E-state index < -0.39 is 0 Å². The van der Waals surface area contributed by atoms with Gasteiger partial charge < -0.3 is 10.3 Å². The minimum absolute atomic E-state index is 0.104. The second-order valence-corrected chi connectivity index (χ2v) is 6.49. The van der Waals surface area contributed by atoms with E-state index in [-0.39, 0.29) is 11.4 Å². The van der Waals surface area contributed by atoms with Gasteiger partial charge in [-0.15, -0.1) is 0 Å². The Bertz CT molecular complexity index is 631. The summed E-state index contributed by atoms with van der Waals surface area (Å²) in [4.78, 5) is 4.75. The third-order valence-corrected chi connectivity index (χ3v) is 3.67. The zero-order valence-corrected chi connectivity index (χ0v) is 12.2. The first-order valence-corrected chi connectivity index (χ1v) is 7.02. The van der Waals surface area contributed by atoms with Gasteiger partial charge in [-0.05, 0) is 57.9 Å². The Labute approximate surface area is 118 Å². The molecule has 1 saturated carbocycles. The van der Waals surface area contributed by atoms with E-state index in [4.69, 9.17) is 10.7 Å². The van der Waals surface area contributed by atoms with Gasteiger partial charge in [-0.25, -0.2) is 9.37 Å². The van der Waals surface area contributed by atoms with E-state index in [1.165, 1.54) is 25.0 Å². The fraction of sp³-hybridized carbons (Fsp3) is 0.438. The first-order chi connectivity index (χ1) is 9.38. The molecule has 106 valence electrons. The molecule has 1 heterocycles. The number of nitrogens with two attached hydrogens (primary N) is 1. The van der Waals surface area contributed by atoms with Crippen molar-refractivity contribution >= 4 is 5.82 Å². The number of aromatic nitrogens is 2. The highest BCUT2D eigenvalue weighted by molar-refractivity contribution is 5.71. The summed E-state index contributed by atoms with van der Waals surface area (Å²) in [5.41, 5.74) is 7.86. The zero-order chi connectivity index (χ0) is 14.5. The van der Waals surface area contributed by atoms with Crippen molar-refractivity contribution in [2.24, 2.45) is 0 Å². The summed E-state index contributed by atoms with van der Waals surface area (Å²) in [6.07, 6.45) is 2.35. The monoisotopic (exact) mass is 273 g/mol. The largest absolute Gasteiger partial charge is 0.383 e. The molecule has 0 atom stereocenters. The Morgan fingerprint density at radius 3 is 2.30 bits per heavy atom. The number of imidazole rings is 1. The van der Waals surface area contributed by atoms with Gasteiger partial charge in [0.25, 0.3) is 0 Å². The minimum Gasteiger partial charge on any atom is -0.383 e. The number of halogens is 1. The molecule has 1 aliphatic rings. The van der Waals surface area contributed by atoms with E-state index in [0.29, 0.717) is 11.7 Å². The maximum absolute atomic E-state index is 13.1. The lowest BCUT2D eigenvalue weighted by Gasteiger charge is -2.25. The molecule has 1 fully saturated rings. The summed E-state index contributed by atoms with van der Waals surface area (Å²) in [5.74, 6) is 2.01. The average molecular weight is 273 g/mol. The molecule has 0 aliphatic heterocycles. The van der Waals surface area contributed by atoms with Crippen LogP contribution in [0.2, 0.25) is 0 Å². The van der Waals surface area contributed by atoms with Crippen LogP contribution in [0.4, 0.5) is 10.2 Å². The van der Waals surface area contributed by atoms with Crippen LogP contribution in [-0.2, 0) is 5.54 Å². The lowest BCUT2D eigenvalue weighted by Crippen LogP contribution is -2.25. The van der Waals surface area contributed by atoms with Crippen LogP contribution in [0.3, 0.4) is 0 Å². The number of hydrogen-bond acceptors (Lipinski definition) is 2. The van der Waals surface area contributed by atoms with E-state index in [2.05, 4.69) is 25.3 Å². The van der Waals surface area contributed by atoms with Crippen molar-refractivity contribution in [3.05, 3.63) is 35.9 Å². The molecular formula is C16H20FN3. The lowest BCUT2D eigenvalue weighted by atomic mass is 10.1. The Morgan fingerprint density at radius 1 is 1.20 bits per heavy atom. The standard InChI is InChI=1S/C16H20FN3/c1-16(2,3)20-14(18)13(19-15(20)11-4-5-11)10-6-8-12(17)9-7-10/h6-9,11H,4-5,18H2,1-3H3. The molecule has 0 spiro atoms. The third kappa shape index (κ3) is 2.19. The molecule has 0 amide bonds. The van der Waals surface area contributed by atoms with Gasteiger partial charge in [0.05, 0.1) is 0 Å². The van der Waals surface area contributed by atoms with Crippen LogP contribution in [0.1, 0.15) is 45.4 Å². The summed E-state index contributed by atoms with van der Waals surface area (Å²) in [5, 5.41) is 0. The first-order valence-electron chi connectivity index (χ1n) is 7.02. The van der Waals surface area contributed by atoms with Crippen molar-refractivity contribution < 1.29 is 4.39 Å². The summed E-state index contributed by atoms with van der Waals surface area (Å²) < 4.78 is 15.2. The topological polar surface area (TPSA) is 43.8 Å². The van der Waals surface area contributed by atoms with Crippen LogP contribution in [0.25, 0.3) is 11.3 Å². The van der Waals surface area contributed by atoms with Crippen LogP contribution in [-0.4, -0.2) is 9.55 Å². The normalized spacial score (nSPS) is 15.6. The van der Waals surface area contributed by atoms with Gasteiger partial charge in [0.2, 0.25) is 0 Å². The van der Waals surface area contributed by atoms with Crippen molar-refractivity contribution in [1.82, 2.24) is 9.55 Å². The van der Waals surface area contributed by atoms with E-state index >= 15 is 0 Å². The maximum Gasteiger partial charge on any atom is 0.132 e. The van der Waals surface area contributed by atoms with E-state index in [0.717, 1.165) is 17.1 Å². The Kier molecular flexibility index (Phi) is 2.85. The maximum atomic E-state index is 13.1. The Morgan fingerprint density at radius 2 is 1.80 bits per heavy atom. The van der Waals surface area contributed by atoms with Gasteiger partial charge in [0.1, 0.15) is 23.2 Å². The second kappa shape index (κ2) is 4.33. The number of nitrogen functional groups attached to an aromatic ring is 1. The van der Waals surface area contributed by atoms with Crippen LogP contribution in [0.5, 0.6) is 0 Å². The molecule has 0 radical (unpaired) electrons. The van der Waals surface area contributed by atoms with Gasteiger partial charge in [-0.2, -0.15) is 0 Å².